The number of halogens is 7. The number of alkyl halides is 4. The van der Waals surface area contributed by atoms with Crippen molar-refractivity contribution in [3.63, 3.8) is 0 Å². The summed E-state index contributed by atoms with van der Waals surface area (Å²) >= 11 is 11.4. The molecular formula is C22H14Cl2F5N3O2. The fraction of sp³-hybridized carbons (Fsp3) is 0.318. The molecule has 0 bridgehead atoms. The van der Waals surface area contributed by atoms with Crippen LogP contribution in [0.3, 0.4) is 0 Å². The monoisotopic (exact) mass is 517 g/mol. The minimum Gasteiger partial charge on any atom is -0.374 e. The normalized spacial score (nSPS) is 21.4. The molecule has 2 aromatic rings. The van der Waals surface area contributed by atoms with Crippen LogP contribution >= 0.6 is 23.2 Å². The molecule has 1 unspecified atom stereocenters. The smallest absolute Gasteiger partial charge is 0.374 e. The lowest BCUT2D eigenvalue weighted by atomic mass is 9.84. The molecule has 0 radical (unpaired) electrons. The molecule has 2 aliphatic rings. The number of nitriles is 1. The summed E-state index contributed by atoms with van der Waals surface area (Å²) in [5, 5.41) is 11.0. The van der Waals surface area contributed by atoms with E-state index in [0.717, 1.165) is 12.1 Å². The molecule has 5 nitrogen and oxygen atoms in total. The summed E-state index contributed by atoms with van der Waals surface area (Å²) < 4.78 is 71.1. The van der Waals surface area contributed by atoms with Crippen molar-refractivity contribution in [2.45, 2.75) is 30.3 Å². The van der Waals surface area contributed by atoms with Gasteiger partial charge in [-0.15, -0.1) is 0 Å². The predicted octanol–water partition coefficient (Wildman–Crippen LogP) is 5.64. The van der Waals surface area contributed by atoms with Crippen molar-refractivity contribution in [2.24, 2.45) is 5.16 Å². The van der Waals surface area contributed by atoms with Gasteiger partial charge in [0.2, 0.25) is 5.91 Å². The number of nitrogens with zero attached hydrogens (tertiary/aromatic N) is 3. The molecule has 0 N–H and O–H groups in total. The SMILES string of the molecule is N#CCC(=O)N1CC(F)(c2ccc(C3=NOC(c4cc(Cl)c(F)c(Cl)c4)(C(F)(F)F)C3)cc2)C1. The van der Waals surface area contributed by atoms with Gasteiger partial charge in [-0.05, 0) is 23.3 Å². The first-order valence-corrected chi connectivity index (χ1v) is 10.6. The van der Waals surface area contributed by atoms with Crippen LogP contribution in [0.25, 0.3) is 0 Å². The van der Waals surface area contributed by atoms with E-state index in [1.807, 2.05) is 0 Å². The molecule has 178 valence electrons. The fourth-order valence-corrected chi connectivity index (χ4v) is 4.39. The van der Waals surface area contributed by atoms with Crippen LogP contribution in [0.1, 0.15) is 29.5 Å². The molecular weight excluding hydrogens is 504 g/mol. The van der Waals surface area contributed by atoms with E-state index in [1.54, 1.807) is 6.07 Å². The van der Waals surface area contributed by atoms with E-state index in [2.05, 4.69) is 5.16 Å². The number of carbonyl (C=O) groups excluding carboxylic acids is 1. The van der Waals surface area contributed by atoms with Crippen LogP contribution in [0.15, 0.2) is 41.6 Å². The number of hydrogen-bond acceptors (Lipinski definition) is 4. The van der Waals surface area contributed by atoms with E-state index in [4.69, 9.17) is 33.3 Å². The number of hydrogen-bond donors (Lipinski definition) is 0. The van der Waals surface area contributed by atoms with Gasteiger partial charge < -0.3 is 9.74 Å². The highest BCUT2D eigenvalue weighted by atomic mass is 35.5. The average Bonchev–Trinajstić information content (AvgIpc) is 3.22. The predicted molar refractivity (Wildman–Crippen MR) is 112 cm³/mol. The fourth-order valence-electron chi connectivity index (χ4n) is 3.91. The summed E-state index contributed by atoms with van der Waals surface area (Å²) in [7, 11) is 0. The summed E-state index contributed by atoms with van der Waals surface area (Å²) in [5.41, 5.74) is -4.84. The molecule has 0 saturated carbocycles. The molecule has 2 aromatic carbocycles. The molecule has 1 fully saturated rings. The molecule has 0 aliphatic carbocycles. The molecule has 1 saturated heterocycles. The van der Waals surface area contributed by atoms with Gasteiger partial charge >= 0.3 is 6.18 Å². The average molecular weight is 518 g/mol. The number of likely N-dealkylation sites (tertiary alicyclic amines) is 1. The Kier molecular flexibility index (Phi) is 5.98. The van der Waals surface area contributed by atoms with Gasteiger partial charge in [0, 0.05) is 12.0 Å². The number of amides is 1. The van der Waals surface area contributed by atoms with E-state index < -0.39 is 51.2 Å². The second-order valence-electron chi connectivity index (χ2n) is 8.01. The van der Waals surface area contributed by atoms with E-state index in [1.165, 1.54) is 29.2 Å². The number of carbonyl (C=O) groups is 1. The zero-order valence-corrected chi connectivity index (χ0v) is 18.6. The van der Waals surface area contributed by atoms with Gasteiger partial charge in [0.1, 0.15) is 6.42 Å². The second kappa shape index (κ2) is 8.40. The molecule has 1 atom stereocenters. The van der Waals surface area contributed by atoms with Gasteiger partial charge in [-0.1, -0.05) is 52.6 Å². The molecule has 4 rings (SSSR count). The maximum Gasteiger partial charge on any atom is 0.435 e. The van der Waals surface area contributed by atoms with Crippen LogP contribution in [0, 0.1) is 17.1 Å². The highest BCUT2D eigenvalue weighted by Gasteiger charge is 2.62. The summed E-state index contributed by atoms with van der Waals surface area (Å²) in [4.78, 5) is 17.8. The summed E-state index contributed by atoms with van der Waals surface area (Å²) in [6.45, 7) is -0.444. The standard InChI is InChI=1S/C22H14Cl2F5N3O2/c23-15-7-14(8-16(24)19(15)25)21(22(27,28)29)9-17(31-34-21)12-1-3-13(4-2-12)20(26)10-32(11-20)18(33)5-6-30/h1-4,7-8H,5,9-11H2. The molecule has 1 amide bonds. The van der Waals surface area contributed by atoms with E-state index >= 15 is 4.39 Å². The van der Waals surface area contributed by atoms with Gasteiger partial charge in [0.15, 0.2) is 11.5 Å². The van der Waals surface area contributed by atoms with Crippen LogP contribution in [0.5, 0.6) is 0 Å². The van der Waals surface area contributed by atoms with E-state index in [-0.39, 0.29) is 36.3 Å². The third-order valence-electron chi connectivity index (χ3n) is 5.84. The van der Waals surface area contributed by atoms with Crippen molar-refractivity contribution >= 4 is 34.8 Å². The molecule has 0 spiro atoms. The lowest BCUT2D eigenvalue weighted by molar-refractivity contribution is -0.275. The summed E-state index contributed by atoms with van der Waals surface area (Å²) in [6.07, 6.45) is -6.04. The molecule has 34 heavy (non-hydrogen) atoms. The Balaban J connectivity index is 1.55. The van der Waals surface area contributed by atoms with Crippen molar-refractivity contribution in [3.05, 3.63) is 69.0 Å². The Bertz CT molecular complexity index is 1200. The van der Waals surface area contributed by atoms with Crippen molar-refractivity contribution in [2.75, 3.05) is 13.1 Å². The maximum absolute atomic E-state index is 15.1. The van der Waals surface area contributed by atoms with Gasteiger partial charge in [-0.2, -0.15) is 18.4 Å². The molecule has 0 aromatic heterocycles. The highest BCUT2D eigenvalue weighted by Crippen LogP contribution is 2.50. The number of rotatable bonds is 4. The summed E-state index contributed by atoms with van der Waals surface area (Å²) in [5.74, 6) is -1.53. The van der Waals surface area contributed by atoms with Gasteiger partial charge in [-0.25, -0.2) is 8.78 Å². The van der Waals surface area contributed by atoms with E-state index in [0.29, 0.717) is 0 Å². The van der Waals surface area contributed by atoms with Gasteiger partial charge in [0.05, 0.1) is 34.9 Å². The largest absolute Gasteiger partial charge is 0.435 e. The number of benzene rings is 2. The third-order valence-corrected chi connectivity index (χ3v) is 6.39. The Morgan fingerprint density at radius 2 is 1.74 bits per heavy atom. The first kappa shape index (κ1) is 24.2. The number of oxime groups is 1. The Morgan fingerprint density at radius 1 is 1.15 bits per heavy atom. The first-order chi connectivity index (χ1) is 15.9. The van der Waals surface area contributed by atoms with Crippen LogP contribution in [-0.2, 0) is 20.9 Å². The topological polar surface area (TPSA) is 65.7 Å². The minimum absolute atomic E-state index is 0.0622. The maximum atomic E-state index is 15.1. The second-order valence-corrected chi connectivity index (χ2v) is 8.83. The zero-order chi connectivity index (χ0) is 24.9. The lowest BCUT2D eigenvalue weighted by Crippen LogP contribution is -2.58. The van der Waals surface area contributed by atoms with Crippen molar-refractivity contribution in [3.8, 4) is 6.07 Å². The zero-order valence-electron chi connectivity index (χ0n) is 17.1. The first-order valence-electron chi connectivity index (χ1n) is 9.81. The van der Waals surface area contributed by atoms with Crippen LogP contribution < -0.4 is 0 Å². The molecule has 2 aliphatic heterocycles. The lowest BCUT2D eigenvalue weighted by Gasteiger charge is -2.44. The minimum atomic E-state index is -4.95. The van der Waals surface area contributed by atoms with Crippen molar-refractivity contribution in [1.82, 2.24) is 4.90 Å². The Labute approximate surface area is 200 Å². The highest BCUT2D eigenvalue weighted by molar-refractivity contribution is 6.35. The van der Waals surface area contributed by atoms with E-state index in [9.17, 15) is 22.4 Å². The summed E-state index contributed by atoms with van der Waals surface area (Å²) in [6, 6.07) is 8.87. The third kappa shape index (κ3) is 3.97. The van der Waals surface area contributed by atoms with Gasteiger partial charge in [-0.3, -0.25) is 4.79 Å². The molecule has 12 heteroatoms. The quantitative estimate of drug-likeness (QED) is 0.389. The van der Waals surface area contributed by atoms with Gasteiger partial charge in [0.25, 0.3) is 5.60 Å². The Hall–Kier alpha value is -2.90. The van der Waals surface area contributed by atoms with Crippen LogP contribution in [-0.4, -0.2) is 35.8 Å². The van der Waals surface area contributed by atoms with Crippen molar-refractivity contribution < 1.29 is 31.6 Å². The Morgan fingerprint density at radius 3 is 2.26 bits per heavy atom. The van der Waals surface area contributed by atoms with Crippen LogP contribution in [0.2, 0.25) is 10.0 Å². The van der Waals surface area contributed by atoms with Crippen molar-refractivity contribution in [1.29, 1.82) is 5.26 Å². The van der Waals surface area contributed by atoms with Crippen LogP contribution in [0.4, 0.5) is 22.0 Å². The molecule has 2 heterocycles.